The molecule has 0 spiro atoms. The predicted molar refractivity (Wildman–Crippen MR) is 118 cm³/mol. The Kier molecular flexibility index (Phi) is 7.70. The number of piperazine rings is 1. The van der Waals surface area contributed by atoms with Gasteiger partial charge in [0.25, 0.3) is 0 Å². The Morgan fingerprint density at radius 3 is 2.41 bits per heavy atom. The molecule has 2 aromatic carbocycles. The molecular weight excluding hydrogens is 437 g/mol. The van der Waals surface area contributed by atoms with Crippen LogP contribution in [0.1, 0.15) is 12.5 Å². The van der Waals surface area contributed by atoms with Gasteiger partial charge in [-0.05, 0) is 37.3 Å². The number of rotatable bonds is 8. The zero-order chi connectivity index (χ0) is 23.3. The lowest BCUT2D eigenvalue weighted by Crippen LogP contribution is -2.53. The largest absolute Gasteiger partial charge is 0.497 e. The molecule has 32 heavy (non-hydrogen) atoms. The average molecular weight is 466 g/mol. The summed E-state index contributed by atoms with van der Waals surface area (Å²) in [6, 6.07) is 9.68. The van der Waals surface area contributed by atoms with Crippen LogP contribution < -0.4 is 14.2 Å². The smallest absolute Gasteiger partial charge is 0.244 e. The first-order chi connectivity index (χ1) is 15.2. The summed E-state index contributed by atoms with van der Waals surface area (Å²) in [7, 11) is -0.923. The highest BCUT2D eigenvalue weighted by Crippen LogP contribution is 2.25. The Hall–Kier alpha value is -2.69. The number of amides is 1. The molecule has 0 radical (unpaired) electrons. The fourth-order valence-electron chi connectivity index (χ4n) is 3.66. The summed E-state index contributed by atoms with van der Waals surface area (Å²) in [5.41, 5.74) is 0.984. The summed E-state index contributed by atoms with van der Waals surface area (Å²) in [6.45, 7) is 4.26. The molecule has 1 N–H and O–H groups in total. The van der Waals surface area contributed by atoms with Crippen molar-refractivity contribution in [3.8, 4) is 11.5 Å². The maximum absolute atomic E-state index is 13.9. The van der Waals surface area contributed by atoms with E-state index < -0.39 is 26.8 Å². The van der Waals surface area contributed by atoms with Crippen LogP contribution in [0.2, 0.25) is 0 Å². The molecule has 0 unspecified atom stereocenters. The van der Waals surface area contributed by atoms with Gasteiger partial charge >= 0.3 is 0 Å². The third kappa shape index (κ3) is 5.56. The fraction of sp³-hybridized carbons (Fsp3) is 0.409. The van der Waals surface area contributed by atoms with Crippen LogP contribution in [0.15, 0.2) is 47.4 Å². The number of carbonyl (C=O) groups is 1. The summed E-state index contributed by atoms with van der Waals surface area (Å²) in [5, 5.41) is 0. The van der Waals surface area contributed by atoms with E-state index >= 15 is 0 Å². The molecule has 8 nitrogen and oxygen atoms in total. The first-order valence-corrected chi connectivity index (χ1v) is 11.7. The summed E-state index contributed by atoms with van der Waals surface area (Å²) in [4.78, 5) is 16.1. The van der Waals surface area contributed by atoms with Gasteiger partial charge in [-0.1, -0.05) is 12.1 Å². The first-order valence-electron chi connectivity index (χ1n) is 10.2. The van der Waals surface area contributed by atoms with Crippen LogP contribution in [0.3, 0.4) is 0 Å². The van der Waals surface area contributed by atoms with Gasteiger partial charge < -0.3 is 14.4 Å². The van der Waals surface area contributed by atoms with Crippen molar-refractivity contribution in [3.05, 3.63) is 53.8 Å². The minimum absolute atomic E-state index is 0.344. The molecule has 1 amide bonds. The van der Waals surface area contributed by atoms with E-state index in [1.807, 2.05) is 18.2 Å². The van der Waals surface area contributed by atoms with Gasteiger partial charge in [0, 0.05) is 38.3 Å². The average Bonchev–Trinajstić information content (AvgIpc) is 2.79. The third-order valence-electron chi connectivity index (χ3n) is 5.39. The zero-order valence-corrected chi connectivity index (χ0v) is 19.2. The number of hydrogen-bond donors (Lipinski definition) is 1. The predicted octanol–water partition coefficient (Wildman–Crippen LogP) is 1.85. The van der Waals surface area contributed by atoms with E-state index in [-0.39, 0.29) is 5.91 Å². The molecule has 1 atom stereocenters. The molecule has 1 aliphatic rings. The van der Waals surface area contributed by atoms with E-state index in [0.29, 0.717) is 32.7 Å². The molecular formula is C22H28FN3O5S. The summed E-state index contributed by atoms with van der Waals surface area (Å²) < 4.78 is 51.8. The van der Waals surface area contributed by atoms with Crippen LogP contribution in [0.4, 0.5) is 4.39 Å². The number of benzene rings is 2. The monoisotopic (exact) mass is 465 g/mol. The van der Waals surface area contributed by atoms with Gasteiger partial charge in [0.15, 0.2) is 0 Å². The number of sulfonamides is 1. The highest BCUT2D eigenvalue weighted by Gasteiger charge is 2.29. The lowest BCUT2D eigenvalue weighted by molar-refractivity contribution is -0.134. The van der Waals surface area contributed by atoms with Crippen molar-refractivity contribution in [3.63, 3.8) is 0 Å². The molecule has 174 valence electrons. The molecule has 10 heteroatoms. The standard InChI is InChI=1S/C22H28FN3O5S/c1-16(24-32(28,29)21-7-5-4-6-19(21)23)22(27)26-12-10-25(11-13-26)15-17-14-18(30-2)8-9-20(17)31-3/h4-9,14,16,24H,10-13,15H2,1-3H3/t16-/m0/s1. The maximum atomic E-state index is 13.9. The highest BCUT2D eigenvalue weighted by molar-refractivity contribution is 7.89. The number of carbonyl (C=O) groups excluding carboxylic acids is 1. The van der Waals surface area contributed by atoms with E-state index in [9.17, 15) is 17.6 Å². The molecule has 0 aliphatic carbocycles. The number of ether oxygens (including phenoxy) is 2. The SMILES string of the molecule is COc1ccc(OC)c(CN2CCN(C(=O)[C@H](C)NS(=O)(=O)c3ccccc3F)CC2)c1. The van der Waals surface area contributed by atoms with Gasteiger partial charge in [0.2, 0.25) is 15.9 Å². The number of methoxy groups -OCH3 is 2. The van der Waals surface area contributed by atoms with Crippen LogP contribution in [-0.2, 0) is 21.4 Å². The quantitative estimate of drug-likeness (QED) is 0.640. The normalized spacial score (nSPS) is 15.9. The number of halogens is 1. The fourth-order valence-corrected chi connectivity index (χ4v) is 4.93. The van der Waals surface area contributed by atoms with Gasteiger partial charge in [-0.2, -0.15) is 4.72 Å². The number of nitrogens with zero attached hydrogens (tertiary/aromatic N) is 2. The Bertz CT molecular complexity index is 1060. The van der Waals surface area contributed by atoms with Crippen molar-refractivity contribution < 1.29 is 27.1 Å². The van der Waals surface area contributed by atoms with E-state index in [4.69, 9.17) is 9.47 Å². The Balaban J connectivity index is 1.58. The third-order valence-corrected chi connectivity index (χ3v) is 6.97. The van der Waals surface area contributed by atoms with Crippen molar-refractivity contribution >= 4 is 15.9 Å². The highest BCUT2D eigenvalue weighted by atomic mass is 32.2. The second kappa shape index (κ2) is 10.3. The van der Waals surface area contributed by atoms with Crippen molar-refractivity contribution in [2.75, 3.05) is 40.4 Å². The summed E-state index contributed by atoms with van der Waals surface area (Å²) in [5.74, 6) is 0.302. The van der Waals surface area contributed by atoms with Crippen molar-refractivity contribution in [1.82, 2.24) is 14.5 Å². The first kappa shape index (κ1) is 24.0. The number of hydrogen-bond acceptors (Lipinski definition) is 6. The van der Waals surface area contributed by atoms with Gasteiger partial charge in [-0.25, -0.2) is 12.8 Å². The molecule has 3 rings (SSSR count). The summed E-state index contributed by atoms with van der Waals surface area (Å²) >= 11 is 0. The molecule has 1 heterocycles. The van der Waals surface area contributed by atoms with Gasteiger partial charge in [0.1, 0.15) is 22.2 Å². The molecule has 0 aromatic heterocycles. The molecule has 0 bridgehead atoms. The van der Waals surface area contributed by atoms with Crippen LogP contribution in [-0.4, -0.2) is 70.6 Å². The molecule has 1 fully saturated rings. The van der Waals surface area contributed by atoms with Gasteiger partial charge in [0.05, 0.1) is 20.3 Å². The molecule has 1 aliphatic heterocycles. The van der Waals surface area contributed by atoms with Crippen LogP contribution in [0.5, 0.6) is 11.5 Å². The van der Waals surface area contributed by atoms with Crippen molar-refractivity contribution in [2.45, 2.75) is 24.4 Å². The number of nitrogens with one attached hydrogen (secondary N) is 1. The second-order valence-electron chi connectivity index (χ2n) is 7.55. The maximum Gasteiger partial charge on any atom is 0.244 e. The van der Waals surface area contributed by atoms with Crippen LogP contribution >= 0.6 is 0 Å². The Morgan fingerprint density at radius 1 is 1.09 bits per heavy atom. The van der Waals surface area contributed by atoms with E-state index in [1.165, 1.54) is 25.1 Å². The Labute approximate surface area is 188 Å². The lowest BCUT2D eigenvalue weighted by Gasteiger charge is -2.36. The Morgan fingerprint density at radius 2 is 1.78 bits per heavy atom. The second-order valence-corrected chi connectivity index (χ2v) is 9.24. The van der Waals surface area contributed by atoms with Crippen molar-refractivity contribution in [2.24, 2.45) is 0 Å². The minimum Gasteiger partial charge on any atom is -0.497 e. The zero-order valence-electron chi connectivity index (χ0n) is 18.4. The van der Waals surface area contributed by atoms with E-state index in [0.717, 1.165) is 23.1 Å². The van der Waals surface area contributed by atoms with Crippen LogP contribution in [0, 0.1) is 5.82 Å². The minimum atomic E-state index is -4.15. The van der Waals surface area contributed by atoms with Gasteiger partial charge in [-0.15, -0.1) is 0 Å². The van der Waals surface area contributed by atoms with Crippen molar-refractivity contribution in [1.29, 1.82) is 0 Å². The van der Waals surface area contributed by atoms with Crippen LogP contribution in [0.25, 0.3) is 0 Å². The molecule has 0 saturated carbocycles. The summed E-state index contributed by atoms with van der Waals surface area (Å²) in [6.07, 6.45) is 0. The van der Waals surface area contributed by atoms with E-state index in [1.54, 1.807) is 19.1 Å². The molecule has 2 aromatic rings. The lowest BCUT2D eigenvalue weighted by atomic mass is 10.1. The molecule has 1 saturated heterocycles. The van der Waals surface area contributed by atoms with E-state index in [2.05, 4.69) is 9.62 Å². The topological polar surface area (TPSA) is 88.2 Å². The van der Waals surface area contributed by atoms with Gasteiger partial charge in [-0.3, -0.25) is 9.69 Å².